The zero-order valence-corrected chi connectivity index (χ0v) is 17.0. The average Bonchev–Trinajstić information content (AvgIpc) is 3.20. The smallest absolute Gasteiger partial charge is 0.322 e. The minimum Gasteiger partial charge on any atom is -0.490 e. The lowest BCUT2D eigenvalue weighted by atomic mass is 10.1. The van der Waals surface area contributed by atoms with Gasteiger partial charge in [0.15, 0.2) is 0 Å². The van der Waals surface area contributed by atoms with E-state index in [2.05, 4.69) is 10.3 Å². The van der Waals surface area contributed by atoms with Gasteiger partial charge in [-0.05, 0) is 41.5 Å². The van der Waals surface area contributed by atoms with Gasteiger partial charge in [0.2, 0.25) is 5.91 Å². The second-order valence-corrected chi connectivity index (χ2v) is 7.59. The fraction of sp³-hybridized carbons (Fsp3) is 0.409. The molecule has 3 heterocycles. The molecule has 0 aliphatic carbocycles. The number of urea groups is 1. The maximum Gasteiger partial charge on any atom is 0.322 e. The highest BCUT2D eigenvalue weighted by Gasteiger charge is 2.25. The number of hydrogen-bond acceptors (Lipinski definition) is 5. The lowest BCUT2D eigenvalue weighted by Crippen LogP contribution is -2.43. The number of ether oxygens (including phenoxy) is 2. The van der Waals surface area contributed by atoms with Crippen molar-refractivity contribution >= 4 is 17.6 Å². The molecule has 0 bridgehead atoms. The summed E-state index contributed by atoms with van der Waals surface area (Å²) in [7, 11) is 1.53. The van der Waals surface area contributed by atoms with Crippen molar-refractivity contribution in [2.45, 2.75) is 32.0 Å². The summed E-state index contributed by atoms with van der Waals surface area (Å²) in [6.07, 6.45) is 5.22. The van der Waals surface area contributed by atoms with Crippen LogP contribution in [-0.4, -0.2) is 59.6 Å². The predicted octanol–water partition coefficient (Wildman–Crippen LogP) is 2.65. The number of aromatic nitrogens is 1. The molecule has 0 radical (unpaired) electrons. The Kier molecular flexibility index (Phi) is 6.13. The van der Waals surface area contributed by atoms with E-state index in [0.29, 0.717) is 26.2 Å². The Morgan fingerprint density at radius 1 is 1.07 bits per heavy atom. The normalized spacial score (nSPS) is 16.3. The van der Waals surface area contributed by atoms with E-state index in [1.54, 1.807) is 11.1 Å². The van der Waals surface area contributed by atoms with Gasteiger partial charge in [-0.1, -0.05) is 0 Å². The Hall–Kier alpha value is -3.13. The number of anilines is 1. The molecule has 4 rings (SSSR count). The minimum absolute atomic E-state index is 0.0217. The predicted molar refractivity (Wildman–Crippen MR) is 111 cm³/mol. The van der Waals surface area contributed by atoms with Crippen LogP contribution >= 0.6 is 0 Å². The number of carbonyl (C=O) groups is 2. The first-order valence-corrected chi connectivity index (χ1v) is 10.1. The van der Waals surface area contributed by atoms with E-state index < -0.39 is 0 Å². The summed E-state index contributed by atoms with van der Waals surface area (Å²) >= 11 is 0. The van der Waals surface area contributed by atoms with E-state index >= 15 is 0 Å². The molecule has 30 heavy (non-hydrogen) atoms. The standard InChI is InChI=1S/C22H26N4O4/c1-29-15-21(27)25-10-7-20(8-11-25)30-19-4-2-18(3-5-19)24-22(28)26-13-16-6-9-23-12-17(16)14-26/h2-6,9,12,20H,7-8,10-11,13-15H2,1H3,(H,24,28). The summed E-state index contributed by atoms with van der Waals surface area (Å²) in [5.74, 6) is 0.780. The molecular formula is C22H26N4O4. The first kappa shape index (κ1) is 20.2. The molecule has 1 N–H and O–H groups in total. The monoisotopic (exact) mass is 410 g/mol. The first-order chi connectivity index (χ1) is 14.6. The second-order valence-electron chi connectivity index (χ2n) is 7.59. The SMILES string of the molecule is COCC(=O)N1CCC(Oc2ccc(NC(=O)N3Cc4ccncc4C3)cc2)CC1. The van der Waals surface area contributed by atoms with Crippen LogP contribution in [0.2, 0.25) is 0 Å². The van der Waals surface area contributed by atoms with Crippen LogP contribution < -0.4 is 10.1 Å². The van der Waals surface area contributed by atoms with Gasteiger partial charge in [0, 0.05) is 64.2 Å². The van der Waals surface area contributed by atoms with Gasteiger partial charge in [0.25, 0.3) is 0 Å². The fourth-order valence-corrected chi connectivity index (χ4v) is 3.81. The Morgan fingerprint density at radius 3 is 2.50 bits per heavy atom. The molecule has 1 aromatic carbocycles. The molecule has 0 saturated carbocycles. The highest BCUT2D eigenvalue weighted by molar-refractivity contribution is 5.89. The number of piperidine rings is 1. The van der Waals surface area contributed by atoms with Gasteiger partial charge in [-0.3, -0.25) is 9.78 Å². The largest absolute Gasteiger partial charge is 0.490 e. The van der Waals surface area contributed by atoms with Gasteiger partial charge in [0.1, 0.15) is 18.5 Å². The van der Waals surface area contributed by atoms with Crippen LogP contribution in [0, 0.1) is 0 Å². The third kappa shape index (κ3) is 4.71. The van der Waals surface area contributed by atoms with Crippen molar-refractivity contribution in [3.63, 3.8) is 0 Å². The Morgan fingerprint density at radius 2 is 1.80 bits per heavy atom. The summed E-state index contributed by atoms with van der Waals surface area (Å²) in [6, 6.07) is 9.23. The summed E-state index contributed by atoms with van der Waals surface area (Å²) in [5, 5.41) is 2.93. The Balaban J connectivity index is 1.25. The van der Waals surface area contributed by atoms with Crippen molar-refractivity contribution in [2.75, 3.05) is 32.1 Å². The summed E-state index contributed by atoms with van der Waals surface area (Å²) < 4.78 is 11.0. The molecule has 158 valence electrons. The van der Waals surface area contributed by atoms with Crippen LogP contribution in [0.25, 0.3) is 0 Å². The topological polar surface area (TPSA) is 84.0 Å². The Bertz CT molecular complexity index is 869. The zero-order valence-electron chi connectivity index (χ0n) is 17.0. The number of benzene rings is 1. The van der Waals surface area contributed by atoms with Gasteiger partial charge >= 0.3 is 6.03 Å². The van der Waals surface area contributed by atoms with Crippen molar-refractivity contribution < 1.29 is 19.1 Å². The second kappa shape index (κ2) is 9.13. The first-order valence-electron chi connectivity index (χ1n) is 10.1. The summed E-state index contributed by atoms with van der Waals surface area (Å²) in [5.41, 5.74) is 2.95. The lowest BCUT2D eigenvalue weighted by molar-refractivity contribution is -0.136. The van der Waals surface area contributed by atoms with E-state index in [-0.39, 0.29) is 24.6 Å². The highest BCUT2D eigenvalue weighted by Crippen LogP contribution is 2.24. The third-order valence-corrected chi connectivity index (χ3v) is 5.49. The van der Waals surface area contributed by atoms with Gasteiger partial charge in [0.05, 0.1) is 0 Å². The molecule has 0 spiro atoms. The van der Waals surface area contributed by atoms with Gasteiger partial charge in [-0.15, -0.1) is 0 Å². The molecule has 1 saturated heterocycles. The van der Waals surface area contributed by atoms with Crippen LogP contribution in [0.1, 0.15) is 24.0 Å². The van der Waals surface area contributed by atoms with Crippen LogP contribution in [0.4, 0.5) is 10.5 Å². The van der Waals surface area contributed by atoms with Crippen LogP contribution in [0.3, 0.4) is 0 Å². The highest BCUT2D eigenvalue weighted by atomic mass is 16.5. The van der Waals surface area contributed by atoms with E-state index in [1.165, 1.54) is 7.11 Å². The number of fused-ring (bicyclic) bond motifs is 1. The molecule has 1 fully saturated rings. The maximum absolute atomic E-state index is 12.5. The number of amides is 3. The number of rotatable bonds is 5. The minimum atomic E-state index is -0.132. The van der Waals surface area contributed by atoms with Crippen LogP contribution in [0.5, 0.6) is 5.75 Å². The molecule has 0 atom stereocenters. The quantitative estimate of drug-likeness (QED) is 0.819. The van der Waals surface area contributed by atoms with E-state index in [4.69, 9.17) is 9.47 Å². The Labute approximate surface area is 175 Å². The number of nitrogens with one attached hydrogen (secondary N) is 1. The van der Waals surface area contributed by atoms with Crippen LogP contribution in [0.15, 0.2) is 42.7 Å². The van der Waals surface area contributed by atoms with Gasteiger partial charge in [-0.2, -0.15) is 0 Å². The molecule has 8 heteroatoms. The lowest BCUT2D eigenvalue weighted by Gasteiger charge is -2.32. The average molecular weight is 410 g/mol. The molecule has 3 amide bonds. The van der Waals surface area contributed by atoms with Crippen molar-refractivity contribution in [2.24, 2.45) is 0 Å². The summed E-state index contributed by atoms with van der Waals surface area (Å²) in [6.45, 7) is 2.64. The van der Waals surface area contributed by atoms with Gasteiger partial charge in [-0.25, -0.2) is 4.79 Å². The van der Waals surface area contributed by atoms with Crippen molar-refractivity contribution in [1.82, 2.24) is 14.8 Å². The van der Waals surface area contributed by atoms with Crippen molar-refractivity contribution in [1.29, 1.82) is 0 Å². The molecular weight excluding hydrogens is 384 g/mol. The maximum atomic E-state index is 12.5. The van der Waals surface area contributed by atoms with Crippen LogP contribution in [-0.2, 0) is 22.6 Å². The number of methoxy groups -OCH3 is 1. The van der Waals surface area contributed by atoms with E-state index in [9.17, 15) is 9.59 Å². The summed E-state index contributed by atoms with van der Waals surface area (Å²) in [4.78, 5) is 32.1. The molecule has 0 unspecified atom stereocenters. The van der Waals surface area contributed by atoms with E-state index in [1.807, 2.05) is 41.4 Å². The molecule has 2 aliphatic heterocycles. The number of pyridine rings is 1. The molecule has 8 nitrogen and oxygen atoms in total. The molecule has 2 aliphatic rings. The third-order valence-electron chi connectivity index (χ3n) is 5.49. The van der Waals surface area contributed by atoms with E-state index in [0.717, 1.165) is 35.4 Å². The van der Waals surface area contributed by atoms with Crippen molar-refractivity contribution in [3.8, 4) is 5.75 Å². The molecule has 2 aromatic rings. The number of likely N-dealkylation sites (tertiary alicyclic amines) is 1. The fourth-order valence-electron chi connectivity index (χ4n) is 3.81. The van der Waals surface area contributed by atoms with Gasteiger partial charge < -0.3 is 24.6 Å². The number of hydrogen-bond donors (Lipinski definition) is 1. The number of carbonyl (C=O) groups excluding carboxylic acids is 2. The number of nitrogens with zero attached hydrogens (tertiary/aromatic N) is 3. The zero-order chi connectivity index (χ0) is 20.9. The van der Waals surface area contributed by atoms with Crippen molar-refractivity contribution in [3.05, 3.63) is 53.9 Å². The molecule has 1 aromatic heterocycles.